The summed E-state index contributed by atoms with van der Waals surface area (Å²) in [7, 11) is 1.91. The van der Waals surface area contributed by atoms with Crippen molar-refractivity contribution < 1.29 is 9.53 Å². The molecule has 0 saturated heterocycles. The third-order valence-corrected chi connectivity index (χ3v) is 6.56. The van der Waals surface area contributed by atoms with E-state index in [0.717, 1.165) is 40.1 Å². The topological polar surface area (TPSA) is 69.0 Å². The maximum atomic E-state index is 12.2. The molecule has 3 aromatic rings. The first-order valence-electron chi connectivity index (χ1n) is 9.93. The van der Waals surface area contributed by atoms with Gasteiger partial charge >= 0.3 is 0 Å². The molecule has 0 atom stereocenters. The number of ether oxygens (including phenoxy) is 1. The summed E-state index contributed by atoms with van der Waals surface area (Å²) in [6.45, 7) is 0. The molecule has 1 heterocycles. The minimum Gasteiger partial charge on any atom is -0.490 e. The fourth-order valence-corrected chi connectivity index (χ4v) is 4.41. The fourth-order valence-electron chi connectivity index (χ4n) is 3.43. The summed E-state index contributed by atoms with van der Waals surface area (Å²) in [4.78, 5) is 12.2. The van der Waals surface area contributed by atoms with Gasteiger partial charge in [-0.25, -0.2) is 0 Å². The highest BCUT2D eigenvalue weighted by Crippen LogP contribution is 2.27. The summed E-state index contributed by atoms with van der Waals surface area (Å²) in [5.41, 5.74) is 1.73. The lowest BCUT2D eigenvalue weighted by atomic mass is 10.2. The van der Waals surface area contributed by atoms with Crippen molar-refractivity contribution >= 4 is 39.3 Å². The molecule has 0 radical (unpaired) electrons. The van der Waals surface area contributed by atoms with Gasteiger partial charge in [0.05, 0.1) is 11.9 Å². The highest BCUT2D eigenvalue weighted by atomic mass is 79.9. The molecule has 156 valence electrons. The van der Waals surface area contributed by atoms with Crippen molar-refractivity contribution in [3.63, 3.8) is 0 Å². The fraction of sp³-hybridized carbons (Fsp3) is 0.318. The van der Waals surface area contributed by atoms with Gasteiger partial charge in [-0.15, -0.1) is 10.2 Å². The molecule has 8 heteroatoms. The minimum absolute atomic E-state index is 0.0831. The third-order valence-electron chi connectivity index (χ3n) is 5.01. The Bertz CT molecular complexity index is 999. The zero-order valence-corrected chi connectivity index (χ0v) is 19.1. The molecule has 0 aliphatic heterocycles. The molecular weight excluding hydrogens is 464 g/mol. The van der Waals surface area contributed by atoms with Crippen molar-refractivity contribution in [2.24, 2.45) is 7.05 Å². The maximum absolute atomic E-state index is 12.2. The third kappa shape index (κ3) is 5.23. The minimum atomic E-state index is -0.0831. The summed E-state index contributed by atoms with van der Waals surface area (Å²) in [5, 5.41) is 12.1. The van der Waals surface area contributed by atoms with Crippen molar-refractivity contribution in [2.75, 3.05) is 11.1 Å². The Kier molecular flexibility index (Phi) is 6.74. The molecule has 1 saturated carbocycles. The lowest BCUT2D eigenvalue weighted by Gasteiger charge is -2.13. The van der Waals surface area contributed by atoms with Crippen LogP contribution in [0.15, 0.2) is 58.2 Å². The first-order chi connectivity index (χ1) is 14.6. The zero-order valence-electron chi connectivity index (χ0n) is 16.7. The molecule has 30 heavy (non-hydrogen) atoms. The van der Waals surface area contributed by atoms with E-state index in [9.17, 15) is 4.79 Å². The quantitative estimate of drug-likeness (QED) is 0.459. The van der Waals surface area contributed by atoms with Gasteiger partial charge in [0.15, 0.2) is 11.0 Å². The Balaban J connectivity index is 1.35. The van der Waals surface area contributed by atoms with Crippen LogP contribution in [0, 0.1) is 0 Å². The van der Waals surface area contributed by atoms with Crippen LogP contribution in [0.2, 0.25) is 0 Å². The lowest BCUT2D eigenvalue weighted by molar-refractivity contribution is -0.113. The van der Waals surface area contributed by atoms with E-state index in [0.29, 0.717) is 11.3 Å². The number of carbonyl (C=O) groups is 1. The van der Waals surface area contributed by atoms with Crippen LogP contribution in [-0.2, 0) is 11.8 Å². The maximum Gasteiger partial charge on any atom is 0.234 e. The van der Waals surface area contributed by atoms with E-state index >= 15 is 0 Å². The van der Waals surface area contributed by atoms with Gasteiger partial charge in [0.1, 0.15) is 5.75 Å². The van der Waals surface area contributed by atoms with Gasteiger partial charge in [0.2, 0.25) is 5.91 Å². The second kappa shape index (κ2) is 9.66. The number of hydrogen-bond donors (Lipinski definition) is 1. The molecule has 1 fully saturated rings. The van der Waals surface area contributed by atoms with Crippen molar-refractivity contribution in [3.05, 3.63) is 53.0 Å². The number of nitrogens with one attached hydrogen (secondary N) is 1. The molecule has 1 aliphatic rings. The molecule has 1 N–H and O–H groups in total. The Morgan fingerprint density at radius 3 is 2.53 bits per heavy atom. The van der Waals surface area contributed by atoms with Crippen molar-refractivity contribution in [3.8, 4) is 17.1 Å². The van der Waals surface area contributed by atoms with E-state index < -0.39 is 0 Å². The molecule has 1 aromatic heterocycles. The number of aromatic nitrogens is 3. The van der Waals surface area contributed by atoms with Crippen molar-refractivity contribution in [1.82, 2.24) is 14.8 Å². The van der Waals surface area contributed by atoms with Gasteiger partial charge < -0.3 is 14.6 Å². The summed E-state index contributed by atoms with van der Waals surface area (Å²) < 4.78 is 8.91. The predicted octanol–water partition coefficient (Wildman–Crippen LogP) is 5.30. The van der Waals surface area contributed by atoms with Gasteiger partial charge in [0.25, 0.3) is 0 Å². The summed E-state index contributed by atoms with van der Waals surface area (Å²) in [6.07, 6.45) is 5.13. The highest BCUT2D eigenvalue weighted by molar-refractivity contribution is 9.10. The molecule has 0 spiro atoms. The van der Waals surface area contributed by atoms with E-state index in [1.165, 1.54) is 24.6 Å². The zero-order chi connectivity index (χ0) is 20.9. The van der Waals surface area contributed by atoms with Crippen molar-refractivity contribution in [2.45, 2.75) is 36.9 Å². The van der Waals surface area contributed by atoms with Crippen LogP contribution in [0.1, 0.15) is 25.7 Å². The molecule has 2 aromatic carbocycles. The molecule has 0 bridgehead atoms. The Hall–Kier alpha value is -2.32. The second-order valence-electron chi connectivity index (χ2n) is 7.26. The van der Waals surface area contributed by atoms with E-state index in [1.807, 2.05) is 60.1 Å². The number of anilines is 1. The number of hydrogen-bond acceptors (Lipinski definition) is 5. The Morgan fingerprint density at radius 1 is 1.13 bits per heavy atom. The number of carbonyl (C=O) groups excluding carboxylic acids is 1. The predicted molar refractivity (Wildman–Crippen MR) is 123 cm³/mol. The smallest absolute Gasteiger partial charge is 0.234 e. The SMILES string of the molecule is Cn1c(SCC(=O)Nc2ccc(Br)cc2)nnc1-c1ccc(OC2CCCC2)cc1. The normalized spacial score (nSPS) is 14.1. The van der Waals surface area contributed by atoms with Gasteiger partial charge in [-0.1, -0.05) is 27.7 Å². The van der Waals surface area contributed by atoms with Gasteiger partial charge in [-0.2, -0.15) is 0 Å². The summed E-state index contributed by atoms with van der Waals surface area (Å²) >= 11 is 4.74. The van der Waals surface area contributed by atoms with Gasteiger partial charge in [0, 0.05) is 22.8 Å². The molecule has 4 rings (SSSR count). The summed E-state index contributed by atoms with van der Waals surface area (Å²) in [6, 6.07) is 15.5. The molecule has 1 aliphatic carbocycles. The van der Waals surface area contributed by atoms with Crippen LogP contribution in [0.25, 0.3) is 11.4 Å². The van der Waals surface area contributed by atoms with Crippen LogP contribution in [0.3, 0.4) is 0 Å². The number of rotatable bonds is 7. The van der Waals surface area contributed by atoms with Crippen LogP contribution < -0.4 is 10.1 Å². The molecular formula is C22H23BrN4O2S. The van der Waals surface area contributed by atoms with Crippen LogP contribution >= 0.6 is 27.7 Å². The number of nitrogens with zero attached hydrogens (tertiary/aromatic N) is 3. The number of halogens is 1. The molecule has 0 unspecified atom stereocenters. The van der Waals surface area contributed by atoms with Gasteiger partial charge in [-0.05, 0) is 74.2 Å². The van der Waals surface area contributed by atoms with E-state index in [-0.39, 0.29) is 11.7 Å². The van der Waals surface area contributed by atoms with E-state index in [1.54, 1.807) is 0 Å². The first-order valence-corrected chi connectivity index (χ1v) is 11.7. The largest absolute Gasteiger partial charge is 0.490 e. The molecule has 1 amide bonds. The number of amides is 1. The number of benzene rings is 2. The van der Waals surface area contributed by atoms with E-state index in [4.69, 9.17) is 4.74 Å². The Morgan fingerprint density at radius 2 is 1.83 bits per heavy atom. The standard InChI is InChI=1S/C22H23BrN4O2S/c1-27-21(15-6-12-19(13-7-15)29-18-4-2-3-5-18)25-26-22(27)30-14-20(28)24-17-10-8-16(23)9-11-17/h6-13,18H,2-5,14H2,1H3,(H,24,28). The monoisotopic (exact) mass is 486 g/mol. The average molecular weight is 487 g/mol. The first kappa shape index (κ1) is 20.9. The summed E-state index contributed by atoms with van der Waals surface area (Å²) in [5.74, 6) is 1.83. The Labute approximate surface area is 188 Å². The van der Waals surface area contributed by atoms with Crippen LogP contribution in [0.4, 0.5) is 5.69 Å². The highest BCUT2D eigenvalue weighted by Gasteiger charge is 2.17. The average Bonchev–Trinajstić information content (AvgIpc) is 3.39. The van der Waals surface area contributed by atoms with E-state index in [2.05, 4.69) is 31.4 Å². The second-order valence-corrected chi connectivity index (χ2v) is 9.12. The number of thioether (sulfide) groups is 1. The molecule has 6 nitrogen and oxygen atoms in total. The van der Waals surface area contributed by atoms with Gasteiger partial charge in [-0.3, -0.25) is 4.79 Å². The lowest BCUT2D eigenvalue weighted by Crippen LogP contribution is -2.14. The van der Waals surface area contributed by atoms with Crippen LogP contribution in [-0.4, -0.2) is 32.5 Å². The van der Waals surface area contributed by atoms with Crippen molar-refractivity contribution in [1.29, 1.82) is 0 Å². The van der Waals surface area contributed by atoms with Crippen LogP contribution in [0.5, 0.6) is 5.75 Å².